The van der Waals surface area contributed by atoms with Gasteiger partial charge in [0.05, 0.1) is 23.5 Å². The number of nitrogens with zero attached hydrogens (tertiary/aromatic N) is 2. The van der Waals surface area contributed by atoms with Gasteiger partial charge in [-0.3, -0.25) is 9.89 Å². The molecule has 0 aliphatic carbocycles. The number of aromatic nitrogens is 3. The van der Waals surface area contributed by atoms with Crippen molar-refractivity contribution >= 4 is 11.7 Å². The van der Waals surface area contributed by atoms with Gasteiger partial charge in [0.25, 0.3) is 5.91 Å². The molecule has 10 heteroatoms. The van der Waals surface area contributed by atoms with Crippen LogP contribution in [0.25, 0.3) is 11.3 Å². The van der Waals surface area contributed by atoms with Crippen molar-refractivity contribution in [1.29, 1.82) is 0 Å². The number of anilines is 1. The molecule has 0 aliphatic heterocycles. The minimum Gasteiger partial charge on any atom is -0.405 e. The maximum Gasteiger partial charge on any atom is 0.573 e. The molecule has 2 aromatic heterocycles. The number of pyridine rings is 1. The molecule has 3 aromatic rings. The first-order valence-electron chi connectivity index (χ1n) is 7.71. The van der Waals surface area contributed by atoms with E-state index in [0.717, 1.165) is 6.07 Å². The molecule has 0 unspecified atom stereocenters. The molecule has 0 atom stereocenters. The Labute approximate surface area is 151 Å². The van der Waals surface area contributed by atoms with Gasteiger partial charge >= 0.3 is 6.36 Å². The number of nitrogens with two attached hydrogens (primary N) is 1. The van der Waals surface area contributed by atoms with Crippen molar-refractivity contribution in [2.24, 2.45) is 0 Å². The molecular formula is C17H14F3N5O2. The molecule has 0 radical (unpaired) electrons. The van der Waals surface area contributed by atoms with Crippen LogP contribution in [0.4, 0.5) is 19.0 Å². The summed E-state index contributed by atoms with van der Waals surface area (Å²) < 4.78 is 41.2. The van der Waals surface area contributed by atoms with Crippen LogP contribution in [-0.2, 0) is 6.54 Å². The summed E-state index contributed by atoms with van der Waals surface area (Å²) in [5, 5.41) is 9.34. The zero-order valence-electron chi connectivity index (χ0n) is 13.7. The summed E-state index contributed by atoms with van der Waals surface area (Å²) in [6.45, 7) is 0.0202. The molecule has 0 fully saturated rings. The van der Waals surface area contributed by atoms with Crippen LogP contribution in [0.5, 0.6) is 5.75 Å². The first-order chi connectivity index (χ1) is 12.8. The lowest BCUT2D eigenvalue weighted by molar-refractivity contribution is -0.274. The third-order valence-corrected chi connectivity index (χ3v) is 3.54. The monoisotopic (exact) mass is 377 g/mol. The number of alkyl halides is 3. The van der Waals surface area contributed by atoms with Crippen molar-refractivity contribution in [3.63, 3.8) is 0 Å². The predicted octanol–water partition coefficient (Wildman–Crippen LogP) is 2.88. The topological polar surface area (TPSA) is 106 Å². The van der Waals surface area contributed by atoms with Gasteiger partial charge in [0, 0.05) is 11.8 Å². The molecule has 4 N–H and O–H groups in total. The van der Waals surface area contributed by atoms with Crippen molar-refractivity contribution in [2.45, 2.75) is 12.9 Å². The van der Waals surface area contributed by atoms with Gasteiger partial charge in [0.2, 0.25) is 0 Å². The third-order valence-electron chi connectivity index (χ3n) is 3.54. The molecule has 1 aromatic carbocycles. The number of rotatable bonds is 5. The molecule has 0 bridgehead atoms. The number of para-hydroxylation sites is 1. The van der Waals surface area contributed by atoms with Crippen LogP contribution in [0.1, 0.15) is 16.1 Å². The second-order valence-corrected chi connectivity index (χ2v) is 5.44. The number of benzene rings is 1. The molecule has 27 heavy (non-hydrogen) atoms. The maximum atomic E-state index is 12.4. The number of carbonyl (C=O) groups is 1. The summed E-state index contributed by atoms with van der Waals surface area (Å²) >= 11 is 0. The quantitative estimate of drug-likeness (QED) is 0.634. The number of hydrogen-bond donors (Lipinski definition) is 3. The number of halogens is 3. The zero-order valence-corrected chi connectivity index (χ0v) is 13.7. The second kappa shape index (κ2) is 7.36. The Kier molecular flexibility index (Phi) is 4.97. The van der Waals surface area contributed by atoms with Crippen molar-refractivity contribution in [3.8, 4) is 17.0 Å². The highest BCUT2D eigenvalue weighted by Gasteiger charge is 2.32. The first kappa shape index (κ1) is 18.2. The van der Waals surface area contributed by atoms with Gasteiger partial charge in [0.15, 0.2) is 0 Å². The smallest absolute Gasteiger partial charge is 0.405 e. The molecule has 0 aliphatic rings. The average Bonchev–Trinajstić information content (AvgIpc) is 3.08. The molecule has 7 nitrogen and oxygen atoms in total. The van der Waals surface area contributed by atoms with Gasteiger partial charge in [-0.25, -0.2) is 4.98 Å². The number of carbonyl (C=O) groups excluding carboxylic acids is 1. The van der Waals surface area contributed by atoms with Crippen LogP contribution in [-0.4, -0.2) is 27.5 Å². The lowest BCUT2D eigenvalue weighted by atomic mass is 10.1. The van der Waals surface area contributed by atoms with Crippen LogP contribution in [0.2, 0.25) is 0 Å². The van der Waals surface area contributed by atoms with Crippen LogP contribution < -0.4 is 15.8 Å². The highest BCUT2D eigenvalue weighted by atomic mass is 19.4. The zero-order chi connectivity index (χ0) is 19.4. The lowest BCUT2D eigenvalue weighted by Gasteiger charge is -2.12. The Morgan fingerprint density at radius 2 is 2.00 bits per heavy atom. The Bertz CT molecular complexity index is 955. The Morgan fingerprint density at radius 1 is 1.22 bits per heavy atom. The van der Waals surface area contributed by atoms with E-state index in [2.05, 4.69) is 25.2 Å². The number of H-pyrrole nitrogens is 1. The number of nitrogen functional groups attached to an aromatic ring is 1. The minimum absolute atomic E-state index is 0.0202. The Balaban J connectivity index is 1.70. The van der Waals surface area contributed by atoms with E-state index in [1.54, 1.807) is 24.4 Å². The molecule has 0 spiro atoms. The molecule has 140 valence electrons. The molecule has 1 amide bonds. The summed E-state index contributed by atoms with van der Waals surface area (Å²) in [4.78, 5) is 16.2. The Hall–Kier alpha value is -3.56. The summed E-state index contributed by atoms with van der Waals surface area (Å²) in [6, 6.07) is 10.2. The highest BCUT2D eigenvalue weighted by Crippen LogP contribution is 2.26. The van der Waals surface area contributed by atoms with Crippen LogP contribution in [0, 0.1) is 0 Å². The summed E-state index contributed by atoms with van der Waals surface area (Å²) in [6.07, 6.45) is -3.34. The third kappa shape index (κ3) is 4.54. The molecule has 0 saturated heterocycles. The first-order valence-corrected chi connectivity index (χ1v) is 7.71. The van der Waals surface area contributed by atoms with E-state index in [9.17, 15) is 18.0 Å². The van der Waals surface area contributed by atoms with Gasteiger partial charge in [-0.05, 0) is 30.3 Å². The number of hydrogen-bond acceptors (Lipinski definition) is 5. The highest BCUT2D eigenvalue weighted by molar-refractivity contribution is 5.96. The minimum atomic E-state index is -4.89. The van der Waals surface area contributed by atoms with E-state index in [-0.39, 0.29) is 12.1 Å². The Morgan fingerprint density at radius 3 is 2.74 bits per heavy atom. The van der Waals surface area contributed by atoms with Crippen LogP contribution >= 0.6 is 0 Å². The normalized spacial score (nSPS) is 11.2. The standard InChI is InChI=1S/C17H14F3N5O2/c18-17(19,20)27-14-6-2-1-4-12(14)16(26)23-9-10-8-13(25-24-10)11-5-3-7-22-15(11)21/h1-8H,9H2,(H2,21,22)(H,23,26)(H,24,25). The SMILES string of the molecule is Nc1ncccc1-c1cc(CNC(=O)c2ccccc2OC(F)(F)F)[nH]n1. The fourth-order valence-electron chi connectivity index (χ4n) is 2.36. The van der Waals surface area contributed by atoms with Gasteiger partial charge in [0.1, 0.15) is 11.6 Å². The fraction of sp³-hybridized carbons (Fsp3) is 0.118. The molecular weight excluding hydrogens is 363 g/mol. The van der Waals surface area contributed by atoms with Gasteiger partial charge < -0.3 is 15.8 Å². The summed E-state index contributed by atoms with van der Waals surface area (Å²) in [5.41, 5.74) is 7.25. The van der Waals surface area contributed by atoms with Crippen molar-refractivity contribution in [1.82, 2.24) is 20.5 Å². The van der Waals surface area contributed by atoms with E-state index in [1.807, 2.05) is 0 Å². The number of ether oxygens (including phenoxy) is 1. The van der Waals surface area contributed by atoms with Crippen molar-refractivity contribution < 1.29 is 22.7 Å². The van der Waals surface area contributed by atoms with Gasteiger partial charge in [-0.2, -0.15) is 5.10 Å². The van der Waals surface area contributed by atoms with E-state index in [1.165, 1.54) is 18.2 Å². The number of aromatic amines is 1. The van der Waals surface area contributed by atoms with Gasteiger partial charge in [-0.1, -0.05) is 12.1 Å². The van der Waals surface area contributed by atoms with E-state index in [4.69, 9.17) is 5.73 Å². The molecule has 3 rings (SSSR count). The van der Waals surface area contributed by atoms with Crippen LogP contribution in [0.15, 0.2) is 48.7 Å². The van der Waals surface area contributed by atoms with Crippen molar-refractivity contribution in [2.75, 3.05) is 5.73 Å². The molecule has 0 saturated carbocycles. The second-order valence-electron chi connectivity index (χ2n) is 5.44. The summed E-state index contributed by atoms with van der Waals surface area (Å²) in [7, 11) is 0. The maximum absolute atomic E-state index is 12.4. The average molecular weight is 377 g/mol. The number of amides is 1. The predicted molar refractivity (Wildman–Crippen MR) is 90.5 cm³/mol. The van der Waals surface area contributed by atoms with Gasteiger partial charge in [-0.15, -0.1) is 13.2 Å². The summed E-state index contributed by atoms with van der Waals surface area (Å²) in [5.74, 6) is -0.986. The lowest BCUT2D eigenvalue weighted by Crippen LogP contribution is -2.25. The van der Waals surface area contributed by atoms with Crippen LogP contribution in [0.3, 0.4) is 0 Å². The molecule has 2 heterocycles. The van der Waals surface area contributed by atoms with E-state index in [0.29, 0.717) is 22.8 Å². The largest absolute Gasteiger partial charge is 0.573 e. The number of nitrogens with one attached hydrogen (secondary N) is 2. The van der Waals surface area contributed by atoms with E-state index >= 15 is 0 Å². The van der Waals surface area contributed by atoms with Crippen molar-refractivity contribution in [3.05, 3.63) is 59.9 Å². The fourth-order valence-corrected chi connectivity index (χ4v) is 2.36. The van der Waals surface area contributed by atoms with E-state index < -0.39 is 18.0 Å².